The molecule has 2 heterocycles. The molecule has 1 aromatic carbocycles. The number of benzene rings is 1. The summed E-state index contributed by atoms with van der Waals surface area (Å²) in [4.78, 5) is 21.4. The van der Waals surface area contributed by atoms with Gasteiger partial charge in [0.2, 0.25) is 5.82 Å². The van der Waals surface area contributed by atoms with E-state index in [9.17, 15) is 26.7 Å². The maximum absolute atomic E-state index is 14.5. The lowest BCUT2D eigenvalue weighted by Gasteiger charge is -2.32. The molecule has 2 aromatic rings. The van der Waals surface area contributed by atoms with E-state index in [1.54, 1.807) is 25.9 Å². The molecule has 1 aliphatic rings. The molecule has 0 bridgehead atoms. The molecule has 1 saturated heterocycles. The minimum atomic E-state index is -4.79. The van der Waals surface area contributed by atoms with E-state index in [0.29, 0.717) is 11.3 Å². The molecule has 3 rings (SSSR count). The number of methoxy groups -OCH3 is 1. The van der Waals surface area contributed by atoms with Gasteiger partial charge in [-0.05, 0) is 34.0 Å². The zero-order valence-electron chi connectivity index (χ0n) is 19.1. The highest BCUT2D eigenvalue weighted by molar-refractivity contribution is 5.41. The Morgan fingerprint density at radius 2 is 1.91 bits per heavy atom. The number of hydrogen-bond acceptors (Lipinski definition) is 5. The lowest BCUT2D eigenvalue weighted by Crippen LogP contribution is -2.46. The van der Waals surface area contributed by atoms with Gasteiger partial charge in [0.1, 0.15) is 11.9 Å². The Balaban J connectivity index is 2.23. The second-order valence-corrected chi connectivity index (χ2v) is 8.69. The zero-order chi connectivity index (χ0) is 24.9. The van der Waals surface area contributed by atoms with Crippen LogP contribution >= 0.6 is 0 Å². The van der Waals surface area contributed by atoms with Gasteiger partial charge in [-0.3, -0.25) is 4.79 Å². The van der Waals surface area contributed by atoms with Crippen LogP contribution in [0.5, 0.6) is 5.75 Å². The lowest BCUT2D eigenvalue weighted by atomic mass is 9.77. The van der Waals surface area contributed by atoms with Crippen LogP contribution in [-0.2, 0) is 11.3 Å². The van der Waals surface area contributed by atoms with E-state index in [1.807, 2.05) is 0 Å². The highest BCUT2D eigenvalue weighted by Gasteiger charge is 2.65. The summed E-state index contributed by atoms with van der Waals surface area (Å²) in [6.07, 6.45) is -6.18. The summed E-state index contributed by atoms with van der Waals surface area (Å²) in [5, 5.41) is 0. The maximum atomic E-state index is 14.5. The van der Waals surface area contributed by atoms with Gasteiger partial charge < -0.3 is 19.4 Å². The number of halogens is 5. The van der Waals surface area contributed by atoms with Crippen molar-refractivity contribution >= 4 is 0 Å². The highest BCUT2D eigenvalue weighted by atomic mass is 19.4. The summed E-state index contributed by atoms with van der Waals surface area (Å²) in [5.41, 5.74) is -2.49. The molecular formula is C22H26F5N3O3. The van der Waals surface area contributed by atoms with Gasteiger partial charge in [0.25, 0.3) is 5.56 Å². The molecule has 1 aliphatic heterocycles. The predicted molar refractivity (Wildman–Crippen MR) is 110 cm³/mol. The standard InChI is InChI=1S/C22H26F5N3O3/c1-10-15(12-7-8-14(23)16(24)17(12)32-6)18(33-21(10,3)22(25,26)27)19-28-11(2)13(9-30(4)5)20(31)29-19/h7-8,10,15,18H,9H2,1-6H3,(H,28,29,31)/t10-,15-,18+,21+/m0/s1. The molecule has 33 heavy (non-hydrogen) atoms. The fourth-order valence-corrected chi connectivity index (χ4v) is 4.32. The third-order valence-corrected chi connectivity index (χ3v) is 6.30. The summed E-state index contributed by atoms with van der Waals surface area (Å²) in [7, 11) is 4.61. The number of aromatic nitrogens is 2. The normalized spacial score (nSPS) is 25.6. The summed E-state index contributed by atoms with van der Waals surface area (Å²) in [5.74, 6) is -5.57. The van der Waals surface area contributed by atoms with Crippen LogP contribution < -0.4 is 10.3 Å². The van der Waals surface area contributed by atoms with Crippen molar-refractivity contribution in [2.45, 2.75) is 51.1 Å². The number of hydrogen-bond donors (Lipinski definition) is 1. The van der Waals surface area contributed by atoms with Gasteiger partial charge in [-0.1, -0.05) is 13.0 Å². The Labute approximate surface area is 187 Å². The van der Waals surface area contributed by atoms with Crippen LogP contribution in [0.2, 0.25) is 0 Å². The molecule has 0 spiro atoms. The SMILES string of the molecule is COc1c([C@H]2[C@H](c3nc(C)c(CN(C)C)c(=O)[nH]3)O[C@@](C)(C(F)(F)F)[C@H]2C)ccc(F)c1F. The molecule has 0 unspecified atom stereocenters. The molecule has 1 aromatic heterocycles. The van der Waals surface area contributed by atoms with Gasteiger partial charge >= 0.3 is 6.18 Å². The van der Waals surface area contributed by atoms with Crippen molar-refractivity contribution < 1.29 is 31.4 Å². The smallest absolute Gasteiger partial charge is 0.417 e. The number of aromatic amines is 1. The van der Waals surface area contributed by atoms with Crippen LogP contribution in [0.15, 0.2) is 16.9 Å². The van der Waals surface area contributed by atoms with E-state index in [-0.39, 0.29) is 17.9 Å². The molecule has 1 N–H and O–H groups in total. The van der Waals surface area contributed by atoms with Gasteiger partial charge in [-0.2, -0.15) is 17.6 Å². The number of nitrogens with zero attached hydrogens (tertiary/aromatic N) is 2. The Morgan fingerprint density at radius 3 is 2.42 bits per heavy atom. The fourth-order valence-electron chi connectivity index (χ4n) is 4.32. The van der Waals surface area contributed by atoms with Crippen molar-refractivity contribution in [2.24, 2.45) is 5.92 Å². The molecule has 0 amide bonds. The summed E-state index contributed by atoms with van der Waals surface area (Å²) < 4.78 is 81.1. The largest absolute Gasteiger partial charge is 0.493 e. The Kier molecular flexibility index (Phi) is 6.60. The third kappa shape index (κ3) is 4.23. The minimum Gasteiger partial charge on any atom is -0.493 e. The predicted octanol–water partition coefficient (Wildman–Crippen LogP) is 4.24. The van der Waals surface area contributed by atoms with Gasteiger partial charge in [0.05, 0.1) is 12.7 Å². The monoisotopic (exact) mass is 475 g/mol. The fraction of sp³-hybridized carbons (Fsp3) is 0.545. The topological polar surface area (TPSA) is 67.5 Å². The summed E-state index contributed by atoms with van der Waals surface area (Å²) in [6, 6.07) is 1.99. The Morgan fingerprint density at radius 1 is 1.27 bits per heavy atom. The molecule has 4 atom stereocenters. The van der Waals surface area contributed by atoms with Gasteiger partial charge in [0.15, 0.2) is 17.2 Å². The number of aryl methyl sites for hydroxylation is 1. The lowest BCUT2D eigenvalue weighted by molar-refractivity contribution is -0.275. The second kappa shape index (κ2) is 8.68. The van der Waals surface area contributed by atoms with E-state index in [1.165, 1.54) is 13.0 Å². The number of alkyl halides is 3. The maximum Gasteiger partial charge on any atom is 0.417 e. The van der Waals surface area contributed by atoms with Crippen molar-refractivity contribution in [3.05, 3.63) is 56.8 Å². The highest BCUT2D eigenvalue weighted by Crippen LogP contribution is 2.59. The number of H-pyrrole nitrogens is 1. The van der Waals surface area contributed by atoms with Crippen molar-refractivity contribution in [3.8, 4) is 5.75 Å². The molecule has 0 saturated carbocycles. The van der Waals surface area contributed by atoms with Crippen LogP contribution in [0, 0.1) is 24.5 Å². The van der Waals surface area contributed by atoms with Crippen molar-refractivity contribution in [1.82, 2.24) is 14.9 Å². The van der Waals surface area contributed by atoms with Gasteiger partial charge in [-0.15, -0.1) is 0 Å². The molecular weight excluding hydrogens is 449 g/mol. The number of rotatable bonds is 5. The van der Waals surface area contributed by atoms with Crippen LogP contribution in [0.1, 0.15) is 48.5 Å². The molecule has 6 nitrogen and oxygen atoms in total. The van der Waals surface area contributed by atoms with Crippen molar-refractivity contribution in [1.29, 1.82) is 0 Å². The first-order chi connectivity index (χ1) is 15.2. The van der Waals surface area contributed by atoms with Crippen LogP contribution in [-0.4, -0.2) is 47.9 Å². The van der Waals surface area contributed by atoms with Gasteiger partial charge in [-0.25, -0.2) is 9.37 Å². The average Bonchev–Trinajstić information content (AvgIpc) is 2.98. The first-order valence-corrected chi connectivity index (χ1v) is 10.2. The molecule has 11 heteroatoms. The quantitative estimate of drug-likeness (QED) is 0.656. The number of ether oxygens (including phenoxy) is 2. The minimum absolute atomic E-state index is 0.0143. The van der Waals surface area contributed by atoms with E-state index in [2.05, 4.69) is 9.97 Å². The van der Waals surface area contributed by atoms with Crippen LogP contribution in [0.25, 0.3) is 0 Å². The van der Waals surface area contributed by atoms with Gasteiger partial charge in [0, 0.05) is 29.6 Å². The first-order valence-electron chi connectivity index (χ1n) is 10.2. The molecule has 0 aliphatic carbocycles. The Bertz CT molecular complexity index is 1100. The van der Waals surface area contributed by atoms with Crippen molar-refractivity contribution in [2.75, 3.05) is 21.2 Å². The van der Waals surface area contributed by atoms with E-state index < -0.39 is 52.7 Å². The van der Waals surface area contributed by atoms with Crippen LogP contribution in [0.4, 0.5) is 22.0 Å². The average molecular weight is 475 g/mol. The zero-order valence-corrected chi connectivity index (χ0v) is 19.1. The van der Waals surface area contributed by atoms with E-state index >= 15 is 0 Å². The summed E-state index contributed by atoms with van der Waals surface area (Å²) >= 11 is 0. The summed E-state index contributed by atoms with van der Waals surface area (Å²) in [6.45, 7) is 4.05. The van der Waals surface area contributed by atoms with Crippen LogP contribution in [0.3, 0.4) is 0 Å². The molecule has 0 radical (unpaired) electrons. The van der Waals surface area contributed by atoms with E-state index in [4.69, 9.17) is 9.47 Å². The van der Waals surface area contributed by atoms with Crippen molar-refractivity contribution in [3.63, 3.8) is 0 Å². The number of nitrogens with one attached hydrogen (secondary N) is 1. The third-order valence-electron chi connectivity index (χ3n) is 6.30. The molecule has 182 valence electrons. The Hall–Kier alpha value is -2.53. The van der Waals surface area contributed by atoms with E-state index in [0.717, 1.165) is 20.1 Å². The first kappa shape index (κ1) is 25.1. The molecule has 1 fully saturated rings. The second-order valence-electron chi connectivity index (χ2n) is 8.69.